The maximum Gasteiger partial charge on any atom is 0.321 e. The standard InChI is InChI=1S/C22H31N3O4/c1-28-18-5-2-4-17(14-18)23-21(27)24-11-9-22(10-12-24)8-7-20(26)25(16-22)15-19-6-3-13-29-19/h2,4-5,14,19H,3,6-13,15-16H2,1H3,(H,23,27)/t19-/m0/s1. The molecule has 4 rings (SSSR count). The van der Waals surface area contributed by atoms with Gasteiger partial charge in [0, 0.05) is 51.0 Å². The molecule has 0 radical (unpaired) electrons. The van der Waals surface area contributed by atoms with Gasteiger partial charge >= 0.3 is 6.03 Å². The molecular weight excluding hydrogens is 370 g/mol. The zero-order chi connectivity index (χ0) is 20.3. The largest absolute Gasteiger partial charge is 0.497 e. The number of piperidine rings is 2. The van der Waals surface area contributed by atoms with E-state index in [0.29, 0.717) is 6.42 Å². The zero-order valence-corrected chi connectivity index (χ0v) is 17.2. The van der Waals surface area contributed by atoms with Crippen molar-refractivity contribution in [2.24, 2.45) is 5.41 Å². The lowest BCUT2D eigenvalue weighted by Gasteiger charge is -2.47. The highest BCUT2D eigenvalue weighted by atomic mass is 16.5. The van der Waals surface area contributed by atoms with E-state index in [1.54, 1.807) is 7.11 Å². The van der Waals surface area contributed by atoms with E-state index in [1.165, 1.54) is 0 Å². The van der Waals surface area contributed by atoms with Crippen LogP contribution in [0.15, 0.2) is 24.3 Å². The van der Waals surface area contributed by atoms with E-state index >= 15 is 0 Å². The molecule has 1 spiro atoms. The van der Waals surface area contributed by atoms with Crippen LogP contribution in [0.1, 0.15) is 38.5 Å². The van der Waals surface area contributed by atoms with Crippen LogP contribution in [-0.2, 0) is 9.53 Å². The summed E-state index contributed by atoms with van der Waals surface area (Å²) in [5.41, 5.74) is 0.875. The van der Waals surface area contributed by atoms with Crippen molar-refractivity contribution in [3.8, 4) is 5.75 Å². The summed E-state index contributed by atoms with van der Waals surface area (Å²) < 4.78 is 11.0. The zero-order valence-electron chi connectivity index (χ0n) is 17.2. The smallest absolute Gasteiger partial charge is 0.321 e. The lowest BCUT2D eigenvalue weighted by molar-refractivity contribution is -0.140. The molecule has 3 aliphatic rings. The van der Waals surface area contributed by atoms with Gasteiger partial charge in [0.25, 0.3) is 0 Å². The Hall–Kier alpha value is -2.28. The highest BCUT2D eigenvalue weighted by Gasteiger charge is 2.42. The molecule has 0 aliphatic carbocycles. The molecule has 3 fully saturated rings. The second-order valence-electron chi connectivity index (χ2n) is 8.56. The van der Waals surface area contributed by atoms with Gasteiger partial charge in [0.15, 0.2) is 0 Å². The fraction of sp³-hybridized carbons (Fsp3) is 0.636. The van der Waals surface area contributed by atoms with E-state index in [9.17, 15) is 9.59 Å². The monoisotopic (exact) mass is 401 g/mol. The lowest BCUT2D eigenvalue weighted by atomic mass is 9.72. The second-order valence-corrected chi connectivity index (χ2v) is 8.56. The van der Waals surface area contributed by atoms with Crippen molar-refractivity contribution in [3.63, 3.8) is 0 Å². The number of urea groups is 1. The molecule has 1 atom stereocenters. The molecule has 7 nitrogen and oxygen atoms in total. The third-order valence-electron chi connectivity index (χ3n) is 6.63. The van der Waals surface area contributed by atoms with Gasteiger partial charge in [-0.25, -0.2) is 4.79 Å². The first-order chi connectivity index (χ1) is 14.1. The molecule has 0 saturated carbocycles. The van der Waals surface area contributed by atoms with Gasteiger partial charge in [-0.05, 0) is 49.7 Å². The van der Waals surface area contributed by atoms with Crippen LogP contribution in [0.5, 0.6) is 5.75 Å². The Morgan fingerprint density at radius 1 is 1.31 bits per heavy atom. The van der Waals surface area contributed by atoms with Crippen LogP contribution in [0.25, 0.3) is 0 Å². The van der Waals surface area contributed by atoms with Gasteiger partial charge in [-0.2, -0.15) is 0 Å². The number of methoxy groups -OCH3 is 1. The van der Waals surface area contributed by atoms with Crippen LogP contribution in [0.2, 0.25) is 0 Å². The number of likely N-dealkylation sites (tertiary alicyclic amines) is 2. The summed E-state index contributed by atoms with van der Waals surface area (Å²) in [6.07, 6.45) is 5.76. The summed E-state index contributed by atoms with van der Waals surface area (Å²) in [5.74, 6) is 0.975. The number of benzene rings is 1. The molecule has 3 heterocycles. The number of anilines is 1. The average molecular weight is 402 g/mol. The first kappa shape index (κ1) is 20.0. The van der Waals surface area contributed by atoms with Crippen LogP contribution in [0.3, 0.4) is 0 Å². The van der Waals surface area contributed by atoms with Crippen LogP contribution < -0.4 is 10.1 Å². The minimum atomic E-state index is -0.0730. The summed E-state index contributed by atoms with van der Waals surface area (Å²) in [6, 6.07) is 7.32. The number of rotatable bonds is 4. The van der Waals surface area contributed by atoms with Gasteiger partial charge in [-0.1, -0.05) is 6.07 Å². The number of amides is 3. The number of nitrogens with zero attached hydrogens (tertiary/aromatic N) is 2. The fourth-order valence-corrected chi connectivity index (χ4v) is 4.80. The van der Waals surface area contributed by atoms with E-state index in [2.05, 4.69) is 5.32 Å². The van der Waals surface area contributed by atoms with Crippen molar-refractivity contribution in [1.29, 1.82) is 0 Å². The molecule has 1 aromatic rings. The molecule has 3 amide bonds. The number of carbonyl (C=O) groups excluding carboxylic acids is 2. The van der Waals surface area contributed by atoms with Gasteiger partial charge in [0.05, 0.1) is 13.2 Å². The van der Waals surface area contributed by atoms with Gasteiger partial charge in [0.1, 0.15) is 5.75 Å². The van der Waals surface area contributed by atoms with E-state index < -0.39 is 0 Å². The first-order valence-corrected chi connectivity index (χ1v) is 10.7. The SMILES string of the molecule is COc1cccc(NC(=O)N2CCC3(CCC(=O)N(C[C@@H]4CCCO4)C3)CC2)c1. The molecule has 1 N–H and O–H groups in total. The third kappa shape index (κ3) is 4.66. The topological polar surface area (TPSA) is 71.1 Å². The van der Waals surface area contributed by atoms with Gasteiger partial charge < -0.3 is 24.6 Å². The molecule has 3 saturated heterocycles. The van der Waals surface area contributed by atoms with E-state index in [4.69, 9.17) is 9.47 Å². The first-order valence-electron chi connectivity index (χ1n) is 10.7. The van der Waals surface area contributed by atoms with Crippen molar-refractivity contribution >= 4 is 17.6 Å². The highest BCUT2D eigenvalue weighted by Crippen LogP contribution is 2.40. The molecule has 0 unspecified atom stereocenters. The minimum Gasteiger partial charge on any atom is -0.497 e. The maximum absolute atomic E-state index is 12.7. The Morgan fingerprint density at radius 2 is 2.14 bits per heavy atom. The fourth-order valence-electron chi connectivity index (χ4n) is 4.80. The molecule has 0 aromatic heterocycles. The van der Waals surface area contributed by atoms with Crippen molar-refractivity contribution in [2.75, 3.05) is 45.2 Å². The summed E-state index contributed by atoms with van der Waals surface area (Å²) in [6.45, 7) is 3.78. The van der Waals surface area contributed by atoms with Gasteiger partial charge in [-0.15, -0.1) is 0 Å². The van der Waals surface area contributed by atoms with Crippen LogP contribution >= 0.6 is 0 Å². The number of hydrogen-bond donors (Lipinski definition) is 1. The molecular formula is C22H31N3O4. The Labute approximate surface area is 172 Å². The molecule has 0 bridgehead atoms. The summed E-state index contributed by atoms with van der Waals surface area (Å²) in [7, 11) is 1.61. The van der Waals surface area contributed by atoms with Crippen molar-refractivity contribution < 1.29 is 19.1 Å². The van der Waals surface area contributed by atoms with Crippen LogP contribution in [0, 0.1) is 5.41 Å². The normalized spacial score (nSPS) is 24.0. The maximum atomic E-state index is 12.7. The summed E-state index contributed by atoms with van der Waals surface area (Å²) >= 11 is 0. The van der Waals surface area contributed by atoms with Gasteiger partial charge in [0.2, 0.25) is 5.91 Å². The molecule has 3 aliphatic heterocycles. The number of hydrogen-bond acceptors (Lipinski definition) is 4. The third-order valence-corrected chi connectivity index (χ3v) is 6.63. The van der Waals surface area contributed by atoms with Crippen molar-refractivity contribution in [2.45, 2.75) is 44.6 Å². The quantitative estimate of drug-likeness (QED) is 0.842. The minimum absolute atomic E-state index is 0.0730. The number of carbonyl (C=O) groups is 2. The van der Waals surface area contributed by atoms with E-state index in [1.807, 2.05) is 34.1 Å². The van der Waals surface area contributed by atoms with E-state index in [0.717, 1.165) is 76.3 Å². The Bertz CT molecular complexity index is 739. The lowest BCUT2D eigenvalue weighted by Crippen LogP contribution is -2.54. The van der Waals surface area contributed by atoms with Crippen LogP contribution in [0.4, 0.5) is 10.5 Å². The number of nitrogens with one attached hydrogen (secondary N) is 1. The molecule has 29 heavy (non-hydrogen) atoms. The Kier molecular flexibility index (Phi) is 5.94. The highest BCUT2D eigenvalue weighted by molar-refractivity contribution is 5.89. The molecule has 1 aromatic carbocycles. The van der Waals surface area contributed by atoms with E-state index in [-0.39, 0.29) is 23.5 Å². The summed E-state index contributed by atoms with van der Waals surface area (Å²) in [5, 5.41) is 2.97. The Morgan fingerprint density at radius 3 is 2.86 bits per heavy atom. The van der Waals surface area contributed by atoms with Crippen molar-refractivity contribution in [3.05, 3.63) is 24.3 Å². The molecule has 158 valence electrons. The van der Waals surface area contributed by atoms with Gasteiger partial charge in [-0.3, -0.25) is 4.79 Å². The molecule has 7 heteroatoms. The predicted molar refractivity (Wildman–Crippen MR) is 110 cm³/mol. The predicted octanol–water partition coefficient (Wildman–Crippen LogP) is 3.11. The summed E-state index contributed by atoms with van der Waals surface area (Å²) in [4.78, 5) is 29.0. The van der Waals surface area contributed by atoms with Crippen LogP contribution in [-0.4, -0.2) is 67.7 Å². The second kappa shape index (κ2) is 8.61. The van der Waals surface area contributed by atoms with Crippen molar-refractivity contribution in [1.82, 2.24) is 9.80 Å². The Balaban J connectivity index is 1.31. The average Bonchev–Trinajstić information content (AvgIpc) is 3.25. The number of ether oxygens (including phenoxy) is 2.